The van der Waals surface area contributed by atoms with Crippen molar-refractivity contribution in [1.29, 1.82) is 0 Å². The van der Waals surface area contributed by atoms with Crippen molar-refractivity contribution in [2.75, 3.05) is 19.8 Å². The molecule has 1 aromatic carbocycles. The molecule has 0 spiro atoms. The molecular formula is C20H30O3. The van der Waals surface area contributed by atoms with Crippen molar-refractivity contribution < 1.29 is 14.2 Å². The van der Waals surface area contributed by atoms with Crippen molar-refractivity contribution in [3.63, 3.8) is 0 Å². The van der Waals surface area contributed by atoms with Gasteiger partial charge in [-0.05, 0) is 64.7 Å². The first kappa shape index (κ1) is 17.9. The zero-order valence-electron chi connectivity index (χ0n) is 15.0. The molecule has 3 heteroatoms. The Labute approximate surface area is 140 Å². The molecule has 1 heterocycles. The normalized spacial score (nSPS) is 14.5. The molecule has 0 amide bonds. The second kappa shape index (κ2) is 8.39. The van der Waals surface area contributed by atoms with Gasteiger partial charge in [0.2, 0.25) is 0 Å². The third kappa shape index (κ3) is 5.91. The molecule has 0 aromatic heterocycles. The number of benzene rings is 1. The molecule has 0 N–H and O–H groups in total. The summed E-state index contributed by atoms with van der Waals surface area (Å²) < 4.78 is 17.1. The minimum Gasteiger partial charge on any atom is -0.493 e. The van der Waals surface area contributed by atoms with E-state index < -0.39 is 0 Å². The van der Waals surface area contributed by atoms with Crippen LogP contribution in [-0.2, 0) is 11.2 Å². The SMILES string of the molecule is CCOC(C)(C)CCC/C(C)=C/COc1ccc2c(c1)OCC2. The largest absolute Gasteiger partial charge is 0.493 e. The molecule has 0 fully saturated rings. The molecule has 0 unspecified atom stereocenters. The van der Waals surface area contributed by atoms with Gasteiger partial charge in [0.15, 0.2) is 0 Å². The molecule has 0 saturated carbocycles. The van der Waals surface area contributed by atoms with E-state index in [1.54, 1.807) is 0 Å². The van der Waals surface area contributed by atoms with E-state index in [0.717, 1.165) is 50.4 Å². The Bertz CT molecular complexity index is 532. The molecule has 0 atom stereocenters. The lowest BCUT2D eigenvalue weighted by Gasteiger charge is -2.24. The number of fused-ring (bicyclic) bond motifs is 1. The fourth-order valence-electron chi connectivity index (χ4n) is 2.87. The van der Waals surface area contributed by atoms with Crippen LogP contribution in [0.4, 0.5) is 0 Å². The van der Waals surface area contributed by atoms with Crippen LogP contribution in [-0.4, -0.2) is 25.4 Å². The van der Waals surface area contributed by atoms with E-state index >= 15 is 0 Å². The lowest BCUT2D eigenvalue weighted by molar-refractivity contribution is -0.0173. The monoisotopic (exact) mass is 318 g/mol. The summed E-state index contributed by atoms with van der Waals surface area (Å²) in [6.07, 6.45) is 6.48. The van der Waals surface area contributed by atoms with Crippen molar-refractivity contribution in [2.24, 2.45) is 0 Å². The fraction of sp³-hybridized carbons (Fsp3) is 0.600. The van der Waals surface area contributed by atoms with Crippen molar-refractivity contribution in [3.05, 3.63) is 35.4 Å². The lowest BCUT2D eigenvalue weighted by atomic mass is 9.99. The van der Waals surface area contributed by atoms with Gasteiger partial charge >= 0.3 is 0 Å². The van der Waals surface area contributed by atoms with Crippen LogP contribution in [0.15, 0.2) is 29.8 Å². The van der Waals surface area contributed by atoms with Crippen LogP contribution in [0.25, 0.3) is 0 Å². The van der Waals surface area contributed by atoms with E-state index in [0.29, 0.717) is 6.61 Å². The van der Waals surface area contributed by atoms with Crippen molar-refractivity contribution in [2.45, 2.75) is 59.0 Å². The predicted octanol–water partition coefficient (Wildman–Crippen LogP) is 4.93. The Morgan fingerprint density at radius 3 is 2.96 bits per heavy atom. The maximum absolute atomic E-state index is 5.81. The molecule has 128 valence electrons. The summed E-state index contributed by atoms with van der Waals surface area (Å²) in [6, 6.07) is 6.13. The molecular weight excluding hydrogens is 288 g/mol. The average molecular weight is 318 g/mol. The highest BCUT2D eigenvalue weighted by molar-refractivity contribution is 5.42. The van der Waals surface area contributed by atoms with Crippen molar-refractivity contribution in [1.82, 2.24) is 0 Å². The van der Waals surface area contributed by atoms with Crippen LogP contribution < -0.4 is 9.47 Å². The molecule has 23 heavy (non-hydrogen) atoms. The Morgan fingerprint density at radius 1 is 1.35 bits per heavy atom. The highest BCUT2D eigenvalue weighted by Gasteiger charge is 2.16. The molecule has 1 aromatic rings. The van der Waals surface area contributed by atoms with Gasteiger partial charge in [-0.25, -0.2) is 0 Å². The maximum Gasteiger partial charge on any atom is 0.126 e. The van der Waals surface area contributed by atoms with Gasteiger partial charge in [0.05, 0.1) is 12.2 Å². The first-order chi connectivity index (χ1) is 11.0. The summed E-state index contributed by atoms with van der Waals surface area (Å²) in [4.78, 5) is 0. The lowest BCUT2D eigenvalue weighted by Crippen LogP contribution is -2.24. The molecule has 0 saturated heterocycles. The van der Waals surface area contributed by atoms with Gasteiger partial charge in [0, 0.05) is 19.1 Å². The Morgan fingerprint density at radius 2 is 2.17 bits per heavy atom. The van der Waals surface area contributed by atoms with Gasteiger partial charge in [-0.1, -0.05) is 11.6 Å². The number of ether oxygens (including phenoxy) is 3. The van der Waals surface area contributed by atoms with E-state index in [1.807, 2.05) is 19.1 Å². The van der Waals surface area contributed by atoms with Gasteiger partial charge < -0.3 is 14.2 Å². The second-order valence-corrected chi connectivity index (χ2v) is 6.78. The van der Waals surface area contributed by atoms with Crippen LogP contribution in [0.5, 0.6) is 11.5 Å². The van der Waals surface area contributed by atoms with Gasteiger partial charge in [0.1, 0.15) is 18.1 Å². The summed E-state index contributed by atoms with van der Waals surface area (Å²) in [5, 5.41) is 0. The topological polar surface area (TPSA) is 27.7 Å². The second-order valence-electron chi connectivity index (χ2n) is 6.78. The Hall–Kier alpha value is -1.48. The molecule has 1 aliphatic rings. The van der Waals surface area contributed by atoms with Crippen LogP contribution in [0, 0.1) is 0 Å². The Kier molecular flexibility index (Phi) is 6.52. The van der Waals surface area contributed by atoms with Crippen LogP contribution in [0.3, 0.4) is 0 Å². The van der Waals surface area contributed by atoms with Gasteiger partial charge in [-0.15, -0.1) is 0 Å². The number of hydrogen-bond donors (Lipinski definition) is 0. The van der Waals surface area contributed by atoms with E-state index in [1.165, 1.54) is 11.1 Å². The van der Waals surface area contributed by atoms with Crippen molar-refractivity contribution in [3.8, 4) is 11.5 Å². The third-order valence-electron chi connectivity index (χ3n) is 4.23. The minimum absolute atomic E-state index is 0.0179. The smallest absolute Gasteiger partial charge is 0.126 e. The summed E-state index contributed by atoms with van der Waals surface area (Å²) >= 11 is 0. The standard InChI is InChI=1S/C20H30O3/c1-5-23-20(3,4)12-6-7-16(2)10-13-21-18-9-8-17-11-14-22-19(17)15-18/h8-10,15H,5-7,11-14H2,1-4H3/b16-10+. The fourth-order valence-corrected chi connectivity index (χ4v) is 2.87. The van der Waals surface area contributed by atoms with Gasteiger partial charge in [-0.3, -0.25) is 0 Å². The first-order valence-electron chi connectivity index (χ1n) is 8.68. The third-order valence-corrected chi connectivity index (χ3v) is 4.23. The maximum atomic E-state index is 5.81. The van der Waals surface area contributed by atoms with E-state index in [4.69, 9.17) is 14.2 Å². The molecule has 3 nitrogen and oxygen atoms in total. The summed E-state index contributed by atoms with van der Waals surface area (Å²) in [6.45, 7) is 10.7. The molecule has 2 rings (SSSR count). The average Bonchev–Trinajstić information content (AvgIpc) is 2.94. The summed E-state index contributed by atoms with van der Waals surface area (Å²) in [5.41, 5.74) is 2.63. The highest BCUT2D eigenvalue weighted by atomic mass is 16.5. The Balaban J connectivity index is 1.70. The minimum atomic E-state index is -0.0179. The first-order valence-corrected chi connectivity index (χ1v) is 8.68. The zero-order valence-corrected chi connectivity index (χ0v) is 15.0. The van der Waals surface area contributed by atoms with Crippen molar-refractivity contribution >= 4 is 0 Å². The highest BCUT2D eigenvalue weighted by Crippen LogP contribution is 2.29. The molecule has 0 aliphatic carbocycles. The van der Waals surface area contributed by atoms with Gasteiger partial charge in [0.25, 0.3) is 0 Å². The predicted molar refractivity (Wildman–Crippen MR) is 94.4 cm³/mol. The quantitative estimate of drug-likeness (QED) is 0.604. The van der Waals surface area contributed by atoms with Crippen LogP contribution >= 0.6 is 0 Å². The number of hydrogen-bond acceptors (Lipinski definition) is 3. The number of allylic oxidation sites excluding steroid dienone is 1. The molecule has 0 bridgehead atoms. The van der Waals surface area contributed by atoms with E-state index in [2.05, 4.69) is 32.9 Å². The van der Waals surface area contributed by atoms with Crippen LogP contribution in [0.1, 0.15) is 52.5 Å². The molecule has 1 aliphatic heterocycles. The number of rotatable bonds is 9. The van der Waals surface area contributed by atoms with E-state index in [9.17, 15) is 0 Å². The summed E-state index contributed by atoms with van der Waals surface area (Å²) in [5.74, 6) is 1.86. The zero-order chi connectivity index (χ0) is 16.7. The molecule has 0 radical (unpaired) electrons. The van der Waals surface area contributed by atoms with Gasteiger partial charge in [-0.2, -0.15) is 0 Å². The van der Waals surface area contributed by atoms with E-state index in [-0.39, 0.29) is 5.60 Å². The van der Waals surface area contributed by atoms with Crippen LogP contribution in [0.2, 0.25) is 0 Å². The summed E-state index contributed by atoms with van der Waals surface area (Å²) in [7, 11) is 0.